The Kier molecular flexibility index (Phi) is 2.68. The van der Waals surface area contributed by atoms with E-state index in [4.69, 9.17) is 0 Å². The van der Waals surface area contributed by atoms with E-state index < -0.39 is 12.4 Å². The van der Waals surface area contributed by atoms with Gasteiger partial charge in [-0.05, 0) is 6.42 Å². The predicted octanol–water partition coefficient (Wildman–Crippen LogP) is 1.55. The van der Waals surface area contributed by atoms with E-state index in [1.807, 2.05) is 0 Å². The van der Waals surface area contributed by atoms with Crippen molar-refractivity contribution in [2.24, 2.45) is 0 Å². The highest BCUT2D eigenvalue weighted by atomic mass is 19.4. The first kappa shape index (κ1) is 10.1. The zero-order chi connectivity index (χ0) is 10.1. The number of hydrogen-bond donors (Lipinski definition) is 0. The van der Waals surface area contributed by atoms with Crippen LogP contribution in [0.4, 0.5) is 12.9 Å². The predicted molar refractivity (Wildman–Crippen MR) is 44.0 cm³/mol. The van der Waals surface area contributed by atoms with Gasteiger partial charge in [-0.25, -0.2) is 0 Å². The first-order valence-electron chi connectivity index (χ1n) is 4.05. The molecule has 6 heteroatoms. The number of nitrogens with zero attached hydrogens (tertiary/aromatic N) is 1. The van der Waals surface area contributed by atoms with Crippen LogP contribution in [0.25, 0.3) is 0 Å². The van der Waals surface area contributed by atoms with Crippen LogP contribution in [-0.4, -0.2) is 30.9 Å². The molecule has 0 radical (unpaired) electrons. The van der Waals surface area contributed by atoms with Gasteiger partial charge in [0, 0.05) is 20.0 Å². The number of amides is 1. The Hall–Kier alpha value is -0.935. The average molecular weight is 192 g/mol. The van der Waals surface area contributed by atoms with E-state index in [9.17, 15) is 17.7 Å². The number of carbonyl (C=O) groups is 1. The van der Waals surface area contributed by atoms with Gasteiger partial charge in [-0.1, -0.05) is 6.08 Å². The van der Waals surface area contributed by atoms with Crippen molar-refractivity contribution in [2.45, 2.75) is 13.3 Å². The Labute approximate surface area is 74.5 Å². The SMILES string of the molecule is CC(=O)N1CC=C([B-](F)(F)F)CC1. The molecule has 1 aliphatic heterocycles. The van der Waals surface area contributed by atoms with Gasteiger partial charge in [0.05, 0.1) is 0 Å². The molecule has 0 aromatic heterocycles. The molecule has 1 aliphatic rings. The summed E-state index contributed by atoms with van der Waals surface area (Å²) in [6, 6.07) is 0. The van der Waals surface area contributed by atoms with Gasteiger partial charge in [-0.3, -0.25) is 4.79 Å². The monoisotopic (exact) mass is 192 g/mol. The van der Waals surface area contributed by atoms with E-state index in [0.29, 0.717) is 0 Å². The molecule has 0 spiro atoms. The first-order valence-corrected chi connectivity index (χ1v) is 4.05. The molecule has 0 atom stereocenters. The normalized spacial score (nSPS) is 18.5. The maximum atomic E-state index is 12.2. The molecular weight excluding hydrogens is 182 g/mol. The summed E-state index contributed by atoms with van der Waals surface area (Å²) < 4.78 is 36.5. The van der Waals surface area contributed by atoms with Crippen LogP contribution in [0.3, 0.4) is 0 Å². The summed E-state index contributed by atoms with van der Waals surface area (Å²) in [7, 11) is 0. The minimum absolute atomic E-state index is 0.0664. The molecule has 0 aromatic carbocycles. The third-order valence-electron chi connectivity index (χ3n) is 2.11. The average Bonchev–Trinajstić information content (AvgIpc) is 2.03. The van der Waals surface area contributed by atoms with Gasteiger partial charge in [-0.2, -0.15) is 0 Å². The summed E-state index contributed by atoms with van der Waals surface area (Å²) in [6.45, 7) is -3.22. The van der Waals surface area contributed by atoms with Crippen LogP contribution in [0.2, 0.25) is 0 Å². The van der Waals surface area contributed by atoms with Gasteiger partial charge >= 0.3 is 6.98 Å². The summed E-state index contributed by atoms with van der Waals surface area (Å²) in [5.74, 6) is -0.176. The van der Waals surface area contributed by atoms with Gasteiger partial charge in [-0.15, -0.1) is 5.47 Å². The fraction of sp³-hybridized carbons (Fsp3) is 0.571. The minimum Gasteiger partial charge on any atom is -0.445 e. The molecule has 0 aliphatic carbocycles. The molecule has 0 saturated carbocycles. The summed E-state index contributed by atoms with van der Waals surface area (Å²) >= 11 is 0. The maximum absolute atomic E-state index is 12.2. The van der Waals surface area contributed by atoms with Crippen LogP contribution >= 0.6 is 0 Å². The fourth-order valence-electron chi connectivity index (χ4n) is 1.27. The van der Waals surface area contributed by atoms with Crippen molar-refractivity contribution in [3.63, 3.8) is 0 Å². The molecule has 74 valence electrons. The highest BCUT2D eigenvalue weighted by molar-refractivity contribution is 6.66. The molecule has 0 unspecified atom stereocenters. The lowest BCUT2D eigenvalue weighted by Gasteiger charge is -2.29. The molecule has 0 aromatic rings. The second-order valence-electron chi connectivity index (χ2n) is 3.07. The lowest BCUT2D eigenvalue weighted by molar-refractivity contribution is -0.128. The summed E-state index contributed by atoms with van der Waals surface area (Å²) in [6.07, 6.45) is 1.04. The van der Waals surface area contributed by atoms with E-state index in [1.165, 1.54) is 11.8 Å². The first-order chi connectivity index (χ1) is 5.91. The number of hydrogen-bond acceptors (Lipinski definition) is 1. The van der Waals surface area contributed by atoms with E-state index in [-0.39, 0.29) is 25.4 Å². The Morgan fingerprint density at radius 3 is 2.46 bits per heavy atom. The van der Waals surface area contributed by atoms with Crippen LogP contribution < -0.4 is 0 Å². The van der Waals surface area contributed by atoms with Crippen molar-refractivity contribution in [1.82, 2.24) is 4.90 Å². The van der Waals surface area contributed by atoms with Crippen LogP contribution in [0.5, 0.6) is 0 Å². The second-order valence-corrected chi connectivity index (χ2v) is 3.07. The molecule has 1 amide bonds. The van der Waals surface area contributed by atoms with Crippen molar-refractivity contribution in [2.75, 3.05) is 13.1 Å². The topological polar surface area (TPSA) is 20.3 Å². The van der Waals surface area contributed by atoms with Crippen LogP contribution in [0, 0.1) is 0 Å². The summed E-state index contributed by atoms with van der Waals surface area (Å²) in [4.78, 5) is 12.2. The Morgan fingerprint density at radius 2 is 2.15 bits per heavy atom. The van der Waals surface area contributed by atoms with Crippen LogP contribution in [0.1, 0.15) is 13.3 Å². The van der Waals surface area contributed by atoms with Crippen molar-refractivity contribution >= 4 is 12.9 Å². The minimum atomic E-state index is -4.85. The number of rotatable bonds is 1. The molecule has 0 fully saturated rings. The standard InChI is InChI=1S/C7H10BF3NO/c1-6(13)12-4-2-7(3-5-12)8(9,10)11/h2H,3-5H2,1H3/q-1. The van der Waals surface area contributed by atoms with Crippen LogP contribution in [0.15, 0.2) is 11.5 Å². The smallest absolute Gasteiger partial charge is 0.445 e. The van der Waals surface area contributed by atoms with E-state index in [2.05, 4.69) is 0 Å². The van der Waals surface area contributed by atoms with E-state index in [1.54, 1.807) is 0 Å². The largest absolute Gasteiger partial charge is 0.505 e. The quantitative estimate of drug-likeness (QED) is 0.577. The Morgan fingerprint density at radius 1 is 1.54 bits per heavy atom. The summed E-state index contributed by atoms with van der Waals surface area (Å²) in [5, 5.41) is 0. The van der Waals surface area contributed by atoms with Crippen LogP contribution in [-0.2, 0) is 4.79 Å². The highest BCUT2D eigenvalue weighted by Crippen LogP contribution is 2.25. The zero-order valence-corrected chi connectivity index (χ0v) is 7.27. The molecule has 13 heavy (non-hydrogen) atoms. The Balaban J connectivity index is 2.63. The molecule has 2 nitrogen and oxygen atoms in total. The third kappa shape index (κ3) is 2.50. The van der Waals surface area contributed by atoms with E-state index >= 15 is 0 Å². The molecule has 0 bridgehead atoms. The highest BCUT2D eigenvalue weighted by Gasteiger charge is 2.30. The maximum Gasteiger partial charge on any atom is 0.505 e. The molecule has 1 heterocycles. The second kappa shape index (κ2) is 3.43. The lowest BCUT2D eigenvalue weighted by Crippen LogP contribution is -2.36. The Bertz CT molecular complexity index is 249. The van der Waals surface area contributed by atoms with Gasteiger partial charge in [0.15, 0.2) is 0 Å². The zero-order valence-electron chi connectivity index (χ0n) is 7.27. The molecule has 1 rings (SSSR count). The van der Waals surface area contributed by atoms with E-state index in [0.717, 1.165) is 6.08 Å². The van der Waals surface area contributed by atoms with Gasteiger partial charge in [0.1, 0.15) is 0 Å². The number of carbonyl (C=O) groups excluding carboxylic acids is 1. The fourth-order valence-corrected chi connectivity index (χ4v) is 1.27. The summed E-state index contributed by atoms with van der Waals surface area (Å²) in [5.41, 5.74) is -0.461. The van der Waals surface area contributed by atoms with Crippen molar-refractivity contribution < 1.29 is 17.7 Å². The third-order valence-corrected chi connectivity index (χ3v) is 2.11. The molecular formula is C7H10BF3NO-. The number of halogens is 3. The van der Waals surface area contributed by atoms with Crippen molar-refractivity contribution in [3.05, 3.63) is 11.5 Å². The van der Waals surface area contributed by atoms with Gasteiger partial charge in [0.2, 0.25) is 5.91 Å². The molecule has 0 saturated heterocycles. The lowest BCUT2D eigenvalue weighted by atomic mass is 9.75. The van der Waals surface area contributed by atoms with Crippen molar-refractivity contribution in [1.29, 1.82) is 0 Å². The van der Waals surface area contributed by atoms with Gasteiger partial charge in [0.25, 0.3) is 0 Å². The molecule has 0 N–H and O–H groups in total. The van der Waals surface area contributed by atoms with Gasteiger partial charge < -0.3 is 17.8 Å². The van der Waals surface area contributed by atoms with Crippen molar-refractivity contribution in [3.8, 4) is 0 Å².